The molecule has 0 aliphatic heterocycles. The number of anilines is 1. The highest BCUT2D eigenvalue weighted by atomic mass is 32.1. The van der Waals surface area contributed by atoms with Crippen LogP contribution in [0.2, 0.25) is 0 Å². The predicted molar refractivity (Wildman–Crippen MR) is 109 cm³/mol. The van der Waals surface area contributed by atoms with Gasteiger partial charge in [0.1, 0.15) is 5.82 Å². The van der Waals surface area contributed by atoms with Crippen LogP contribution in [0.5, 0.6) is 0 Å². The molecule has 27 heavy (non-hydrogen) atoms. The highest BCUT2D eigenvalue weighted by Gasteiger charge is 2.16. The van der Waals surface area contributed by atoms with Crippen LogP contribution in [0.15, 0.2) is 42.5 Å². The van der Waals surface area contributed by atoms with E-state index in [4.69, 9.17) is 0 Å². The van der Waals surface area contributed by atoms with Crippen molar-refractivity contribution in [2.75, 3.05) is 5.32 Å². The number of halogens is 1. The van der Waals surface area contributed by atoms with Gasteiger partial charge in [0.05, 0.1) is 27.3 Å². The number of rotatable bonds is 4. The molecule has 2 aromatic heterocycles. The molecule has 0 unspecified atom stereocenters. The third-order valence-electron chi connectivity index (χ3n) is 4.03. The Labute approximate surface area is 163 Å². The maximum absolute atomic E-state index is 13.2. The van der Waals surface area contributed by atoms with Crippen molar-refractivity contribution < 1.29 is 9.18 Å². The van der Waals surface area contributed by atoms with Crippen LogP contribution >= 0.6 is 22.7 Å². The first-order chi connectivity index (χ1) is 13.0. The van der Waals surface area contributed by atoms with Crippen molar-refractivity contribution in [2.45, 2.75) is 20.3 Å². The smallest absolute Gasteiger partial charge is 0.231 e. The first kappa shape index (κ1) is 17.8. The predicted octanol–water partition coefficient (Wildman–Crippen LogP) is 5.36. The highest BCUT2D eigenvalue weighted by Crippen LogP contribution is 2.30. The third-order valence-corrected chi connectivity index (χ3v) is 5.94. The molecule has 0 bridgehead atoms. The van der Waals surface area contributed by atoms with E-state index in [1.807, 2.05) is 26.0 Å². The number of nitrogens with zero attached hydrogens (tertiary/aromatic N) is 2. The topological polar surface area (TPSA) is 54.9 Å². The molecular formula is C20H16FN3OS2. The standard InChI is InChI=1S/C20H16FN3OS2/c1-11-3-8-15-16(9-11)27-20(23-15)24-18(25)10-17-19(22-12(2)26-17)13-4-6-14(21)7-5-13/h3-9H,10H2,1-2H3,(H,23,24,25). The molecule has 0 atom stereocenters. The highest BCUT2D eigenvalue weighted by molar-refractivity contribution is 7.22. The summed E-state index contributed by atoms with van der Waals surface area (Å²) in [6, 6.07) is 12.2. The van der Waals surface area contributed by atoms with E-state index in [0.717, 1.165) is 36.9 Å². The van der Waals surface area contributed by atoms with E-state index >= 15 is 0 Å². The molecule has 0 radical (unpaired) electrons. The minimum atomic E-state index is -0.295. The summed E-state index contributed by atoms with van der Waals surface area (Å²) in [5.41, 5.74) is 3.57. The Morgan fingerprint density at radius 2 is 1.85 bits per heavy atom. The van der Waals surface area contributed by atoms with Gasteiger partial charge in [0, 0.05) is 10.4 Å². The number of carbonyl (C=O) groups excluding carboxylic acids is 1. The normalized spacial score (nSPS) is 11.1. The van der Waals surface area contributed by atoms with E-state index in [9.17, 15) is 9.18 Å². The minimum Gasteiger partial charge on any atom is -0.302 e. The molecule has 1 amide bonds. The first-order valence-electron chi connectivity index (χ1n) is 8.37. The number of aryl methyl sites for hydroxylation is 2. The van der Waals surface area contributed by atoms with E-state index in [2.05, 4.69) is 21.4 Å². The molecule has 4 nitrogen and oxygen atoms in total. The van der Waals surface area contributed by atoms with Crippen LogP contribution in [0.4, 0.5) is 9.52 Å². The lowest BCUT2D eigenvalue weighted by Crippen LogP contribution is -2.14. The van der Waals surface area contributed by atoms with E-state index < -0.39 is 0 Å². The van der Waals surface area contributed by atoms with Crippen LogP contribution in [-0.2, 0) is 11.2 Å². The summed E-state index contributed by atoms with van der Waals surface area (Å²) in [4.78, 5) is 22.4. The Morgan fingerprint density at radius 3 is 2.63 bits per heavy atom. The van der Waals surface area contributed by atoms with E-state index in [1.54, 1.807) is 12.1 Å². The maximum Gasteiger partial charge on any atom is 0.231 e. The van der Waals surface area contributed by atoms with Gasteiger partial charge < -0.3 is 5.32 Å². The summed E-state index contributed by atoms with van der Waals surface area (Å²) >= 11 is 2.94. The fourth-order valence-electron chi connectivity index (χ4n) is 2.82. The largest absolute Gasteiger partial charge is 0.302 e. The molecule has 4 rings (SSSR count). The van der Waals surface area contributed by atoms with Crippen molar-refractivity contribution in [1.82, 2.24) is 9.97 Å². The molecule has 0 saturated heterocycles. The van der Waals surface area contributed by atoms with Crippen molar-refractivity contribution in [2.24, 2.45) is 0 Å². The van der Waals surface area contributed by atoms with Gasteiger partial charge in [-0.1, -0.05) is 17.4 Å². The van der Waals surface area contributed by atoms with Crippen LogP contribution in [-0.4, -0.2) is 15.9 Å². The molecule has 1 N–H and O–H groups in total. The molecule has 0 saturated carbocycles. The second-order valence-electron chi connectivity index (χ2n) is 6.23. The van der Waals surface area contributed by atoms with Gasteiger partial charge in [-0.15, -0.1) is 11.3 Å². The average Bonchev–Trinajstić information content (AvgIpc) is 3.17. The Hall–Kier alpha value is -2.64. The monoisotopic (exact) mass is 397 g/mol. The second kappa shape index (κ2) is 7.17. The third kappa shape index (κ3) is 3.89. The lowest BCUT2D eigenvalue weighted by atomic mass is 10.1. The van der Waals surface area contributed by atoms with Crippen LogP contribution in [0.25, 0.3) is 21.5 Å². The summed E-state index contributed by atoms with van der Waals surface area (Å²) in [6.45, 7) is 3.93. The molecular weight excluding hydrogens is 381 g/mol. The van der Waals surface area contributed by atoms with Crippen LogP contribution in [0, 0.1) is 19.7 Å². The van der Waals surface area contributed by atoms with Crippen molar-refractivity contribution in [3.05, 3.63) is 63.7 Å². The van der Waals surface area contributed by atoms with Gasteiger partial charge in [0.25, 0.3) is 0 Å². The fourth-order valence-corrected chi connectivity index (χ4v) is 4.75. The molecule has 7 heteroatoms. The van der Waals surface area contributed by atoms with Crippen molar-refractivity contribution in [3.8, 4) is 11.3 Å². The molecule has 0 aliphatic carbocycles. The van der Waals surface area contributed by atoms with Gasteiger partial charge >= 0.3 is 0 Å². The van der Waals surface area contributed by atoms with Crippen LogP contribution < -0.4 is 5.32 Å². The zero-order valence-corrected chi connectivity index (χ0v) is 16.4. The number of thiazole rings is 2. The second-order valence-corrected chi connectivity index (χ2v) is 8.55. The van der Waals surface area contributed by atoms with Crippen molar-refractivity contribution >= 4 is 43.9 Å². The Morgan fingerprint density at radius 1 is 1.07 bits per heavy atom. The van der Waals surface area contributed by atoms with Gasteiger partial charge in [0.2, 0.25) is 5.91 Å². The number of amides is 1. The Balaban J connectivity index is 1.54. The van der Waals surface area contributed by atoms with E-state index in [1.165, 1.54) is 34.8 Å². The summed E-state index contributed by atoms with van der Waals surface area (Å²) in [6.07, 6.45) is 0.202. The number of hydrogen-bond acceptors (Lipinski definition) is 5. The molecule has 136 valence electrons. The minimum absolute atomic E-state index is 0.141. The number of nitrogens with one attached hydrogen (secondary N) is 1. The molecule has 2 aromatic carbocycles. The average molecular weight is 398 g/mol. The summed E-state index contributed by atoms with van der Waals surface area (Å²) in [5.74, 6) is -0.436. The number of aromatic nitrogens is 2. The lowest BCUT2D eigenvalue weighted by Gasteiger charge is -2.03. The maximum atomic E-state index is 13.2. The fraction of sp³-hybridized carbons (Fsp3) is 0.150. The lowest BCUT2D eigenvalue weighted by molar-refractivity contribution is -0.115. The van der Waals surface area contributed by atoms with Crippen LogP contribution in [0.1, 0.15) is 15.4 Å². The zero-order chi connectivity index (χ0) is 19.0. The molecule has 0 fully saturated rings. The Bertz CT molecular complexity index is 1130. The molecule has 2 heterocycles. The van der Waals surface area contributed by atoms with Crippen LogP contribution in [0.3, 0.4) is 0 Å². The summed E-state index contributed by atoms with van der Waals surface area (Å²) in [5, 5.41) is 4.34. The number of benzene rings is 2. The summed E-state index contributed by atoms with van der Waals surface area (Å²) in [7, 11) is 0. The number of fused-ring (bicyclic) bond motifs is 1. The van der Waals surface area contributed by atoms with Gasteiger partial charge in [-0.2, -0.15) is 0 Å². The molecule has 0 aliphatic rings. The van der Waals surface area contributed by atoms with Crippen molar-refractivity contribution in [3.63, 3.8) is 0 Å². The number of hydrogen-bond donors (Lipinski definition) is 1. The number of carbonyl (C=O) groups is 1. The SMILES string of the molecule is Cc1ccc2nc(NC(=O)Cc3sc(C)nc3-c3ccc(F)cc3)sc2c1. The van der Waals surface area contributed by atoms with Gasteiger partial charge in [0.15, 0.2) is 5.13 Å². The van der Waals surface area contributed by atoms with Gasteiger partial charge in [-0.05, 0) is 55.8 Å². The quantitative estimate of drug-likeness (QED) is 0.505. The van der Waals surface area contributed by atoms with E-state index in [0.29, 0.717) is 5.13 Å². The summed E-state index contributed by atoms with van der Waals surface area (Å²) < 4.78 is 14.2. The molecule has 4 aromatic rings. The van der Waals surface area contributed by atoms with Crippen molar-refractivity contribution in [1.29, 1.82) is 0 Å². The van der Waals surface area contributed by atoms with Gasteiger partial charge in [-0.3, -0.25) is 4.79 Å². The zero-order valence-electron chi connectivity index (χ0n) is 14.7. The van der Waals surface area contributed by atoms with Gasteiger partial charge in [-0.25, -0.2) is 14.4 Å². The first-order valence-corrected chi connectivity index (χ1v) is 10.0. The Kier molecular flexibility index (Phi) is 4.72. The van der Waals surface area contributed by atoms with E-state index in [-0.39, 0.29) is 18.1 Å². The molecule has 0 spiro atoms.